The molecular weight excluding hydrogens is 361 g/mol. The minimum absolute atomic E-state index is 0. The summed E-state index contributed by atoms with van der Waals surface area (Å²) >= 11 is 0. The van der Waals surface area contributed by atoms with Crippen molar-refractivity contribution in [3.63, 3.8) is 0 Å². The molecule has 0 spiro atoms. The van der Waals surface area contributed by atoms with E-state index in [1.807, 2.05) is 18.5 Å². The third-order valence-corrected chi connectivity index (χ3v) is 4.70. The van der Waals surface area contributed by atoms with Gasteiger partial charge in [0.05, 0.1) is 12.5 Å². The second-order valence-electron chi connectivity index (χ2n) is 6.52. The van der Waals surface area contributed by atoms with E-state index in [2.05, 4.69) is 15.2 Å². The standard InChI is InChI=1S/C18H21N3O2.2ClH/c22-18(14-1-2-14)20-9-15-7-19-8-16-11-21(5-3-17(15)16)10-13-4-6-23-12-13;;/h4,6-8,12,14H,1-3,5,9-11H2,(H,20,22);2*1H. The Bertz CT molecular complexity index is 702. The van der Waals surface area contributed by atoms with E-state index < -0.39 is 0 Å². The topological polar surface area (TPSA) is 58.4 Å². The Morgan fingerprint density at radius 1 is 1.32 bits per heavy atom. The molecule has 2 aromatic heterocycles. The lowest BCUT2D eigenvalue weighted by atomic mass is 9.97. The minimum atomic E-state index is 0. The van der Waals surface area contributed by atoms with Crippen LogP contribution in [0.25, 0.3) is 0 Å². The van der Waals surface area contributed by atoms with Gasteiger partial charge in [0.25, 0.3) is 0 Å². The minimum Gasteiger partial charge on any atom is -0.472 e. The van der Waals surface area contributed by atoms with Crippen molar-refractivity contribution in [3.05, 3.63) is 53.2 Å². The number of carbonyl (C=O) groups excluding carboxylic acids is 1. The van der Waals surface area contributed by atoms with Crippen LogP contribution in [0.1, 0.15) is 35.1 Å². The lowest BCUT2D eigenvalue weighted by molar-refractivity contribution is -0.122. The van der Waals surface area contributed by atoms with Gasteiger partial charge in [-0.3, -0.25) is 14.7 Å². The molecule has 0 saturated heterocycles. The highest BCUT2D eigenvalue weighted by Crippen LogP contribution is 2.29. The number of hydrogen-bond donors (Lipinski definition) is 1. The first-order valence-electron chi connectivity index (χ1n) is 8.25. The van der Waals surface area contributed by atoms with Crippen LogP contribution in [-0.2, 0) is 30.8 Å². The summed E-state index contributed by atoms with van der Waals surface area (Å²) in [4.78, 5) is 18.6. The van der Waals surface area contributed by atoms with Gasteiger partial charge in [-0.2, -0.15) is 0 Å². The fourth-order valence-electron chi connectivity index (χ4n) is 3.23. The fourth-order valence-corrected chi connectivity index (χ4v) is 3.23. The average molecular weight is 384 g/mol. The van der Waals surface area contributed by atoms with Crippen LogP contribution in [0.5, 0.6) is 0 Å². The average Bonchev–Trinajstić information content (AvgIpc) is 3.30. The van der Waals surface area contributed by atoms with E-state index in [0.29, 0.717) is 6.54 Å². The van der Waals surface area contributed by atoms with Gasteiger partial charge in [0.2, 0.25) is 5.91 Å². The van der Waals surface area contributed by atoms with Crippen molar-refractivity contribution in [3.8, 4) is 0 Å². The number of nitrogens with zero attached hydrogens (tertiary/aromatic N) is 2. The van der Waals surface area contributed by atoms with Crippen molar-refractivity contribution in [2.75, 3.05) is 6.54 Å². The molecule has 1 aliphatic carbocycles. The Morgan fingerprint density at radius 2 is 2.16 bits per heavy atom. The smallest absolute Gasteiger partial charge is 0.223 e. The third kappa shape index (κ3) is 4.75. The first-order chi connectivity index (χ1) is 11.3. The van der Waals surface area contributed by atoms with Crippen molar-refractivity contribution in [1.82, 2.24) is 15.2 Å². The Kier molecular flexibility index (Phi) is 6.87. The molecule has 1 amide bonds. The fraction of sp³-hybridized carbons (Fsp3) is 0.444. The molecule has 0 atom stereocenters. The summed E-state index contributed by atoms with van der Waals surface area (Å²) in [5, 5.41) is 3.05. The molecule has 0 unspecified atom stereocenters. The predicted octanol–water partition coefficient (Wildman–Crippen LogP) is 3.10. The van der Waals surface area contributed by atoms with Crippen molar-refractivity contribution in [2.45, 2.75) is 38.9 Å². The van der Waals surface area contributed by atoms with E-state index in [0.717, 1.165) is 38.9 Å². The Morgan fingerprint density at radius 3 is 2.88 bits per heavy atom. The van der Waals surface area contributed by atoms with Gasteiger partial charge in [-0.05, 0) is 42.0 Å². The number of amides is 1. The maximum Gasteiger partial charge on any atom is 0.223 e. The number of fused-ring (bicyclic) bond motifs is 1. The molecule has 1 aliphatic heterocycles. The van der Waals surface area contributed by atoms with Gasteiger partial charge in [-0.15, -0.1) is 24.8 Å². The van der Waals surface area contributed by atoms with Gasteiger partial charge in [-0.25, -0.2) is 0 Å². The summed E-state index contributed by atoms with van der Waals surface area (Å²) in [6.45, 7) is 3.43. The zero-order valence-corrected chi connectivity index (χ0v) is 15.6. The van der Waals surface area contributed by atoms with Crippen LogP contribution in [0.4, 0.5) is 0 Å². The van der Waals surface area contributed by atoms with Gasteiger partial charge in [0, 0.05) is 50.1 Å². The number of aromatic nitrogens is 1. The van der Waals surface area contributed by atoms with E-state index in [1.165, 1.54) is 22.3 Å². The highest BCUT2D eigenvalue weighted by atomic mass is 35.5. The Balaban J connectivity index is 0.00000113. The zero-order chi connectivity index (χ0) is 15.6. The summed E-state index contributed by atoms with van der Waals surface area (Å²) in [7, 11) is 0. The van der Waals surface area contributed by atoms with Crippen molar-refractivity contribution < 1.29 is 9.21 Å². The second kappa shape index (κ2) is 8.70. The van der Waals surface area contributed by atoms with Crippen molar-refractivity contribution in [1.29, 1.82) is 0 Å². The number of rotatable bonds is 5. The number of furan rings is 1. The number of hydrogen-bond acceptors (Lipinski definition) is 4. The van der Waals surface area contributed by atoms with Crippen LogP contribution >= 0.6 is 24.8 Å². The number of carbonyl (C=O) groups is 1. The molecule has 0 bridgehead atoms. The first-order valence-corrected chi connectivity index (χ1v) is 8.25. The van der Waals surface area contributed by atoms with Gasteiger partial charge in [-0.1, -0.05) is 0 Å². The van der Waals surface area contributed by atoms with Crippen LogP contribution < -0.4 is 5.32 Å². The van der Waals surface area contributed by atoms with Crippen LogP contribution in [0.2, 0.25) is 0 Å². The van der Waals surface area contributed by atoms with E-state index >= 15 is 0 Å². The van der Waals surface area contributed by atoms with Crippen LogP contribution in [-0.4, -0.2) is 22.3 Å². The maximum absolute atomic E-state index is 11.8. The SMILES string of the molecule is Cl.Cl.O=C(NCc1cncc2c1CCN(Cc1ccoc1)C2)C1CC1. The monoisotopic (exact) mass is 383 g/mol. The molecule has 2 aromatic rings. The molecule has 1 saturated carbocycles. The van der Waals surface area contributed by atoms with E-state index in [9.17, 15) is 4.79 Å². The third-order valence-electron chi connectivity index (χ3n) is 4.70. The molecule has 2 aliphatic rings. The number of nitrogens with one attached hydrogen (secondary N) is 1. The largest absolute Gasteiger partial charge is 0.472 e. The lowest BCUT2D eigenvalue weighted by Gasteiger charge is -2.29. The highest BCUT2D eigenvalue weighted by Gasteiger charge is 2.29. The van der Waals surface area contributed by atoms with E-state index in [4.69, 9.17) is 4.42 Å². The van der Waals surface area contributed by atoms with E-state index in [1.54, 1.807) is 12.5 Å². The molecule has 136 valence electrons. The summed E-state index contributed by atoms with van der Waals surface area (Å²) in [6.07, 6.45) is 10.5. The predicted molar refractivity (Wildman–Crippen MR) is 99.8 cm³/mol. The number of halogens is 2. The molecular formula is C18H23Cl2N3O2. The summed E-state index contributed by atoms with van der Waals surface area (Å²) in [5.74, 6) is 0.452. The highest BCUT2D eigenvalue weighted by molar-refractivity contribution is 5.85. The first kappa shape index (κ1) is 19.8. The van der Waals surface area contributed by atoms with Gasteiger partial charge >= 0.3 is 0 Å². The molecule has 3 heterocycles. The maximum atomic E-state index is 11.8. The summed E-state index contributed by atoms with van der Waals surface area (Å²) in [5.41, 5.74) is 5.01. The normalized spacial score (nSPS) is 16.3. The summed E-state index contributed by atoms with van der Waals surface area (Å²) in [6, 6.07) is 2.01. The van der Waals surface area contributed by atoms with Crippen LogP contribution in [0.3, 0.4) is 0 Å². The van der Waals surface area contributed by atoms with Crippen molar-refractivity contribution in [2.24, 2.45) is 5.92 Å². The van der Waals surface area contributed by atoms with Gasteiger partial charge in [0.15, 0.2) is 0 Å². The Hall–Kier alpha value is -1.56. The van der Waals surface area contributed by atoms with Crippen LogP contribution in [0, 0.1) is 5.92 Å². The Labute approximate surface area is 160 Å². The zero-order valence-electron chi connectivity index (χ0n) is 13.9. The molecule has 0 radical (unpaired) electrons. The van der Waals surface area contributed by atoms with Crippen molar-refractivity contribution >= 4 is 30.7 Å². The molecule has 0 aromatic carbocycles. The molecule has 5 nitrogen and oxygen atoms in total. The molecule has 25 heavy (non-hydrogen) atoms. The van der Waals surface area contributed by atoms with Crippen LogP contribution in [0.15, 0.2) is 35.4 Å². The second-order valence-corrected chi connectivity index (χ2v) is 6.52. The molecule has 7 heteroatoms. The molecule has 4 rings (SSSR count). The lowest BCUT2D eigenvalue weighted by Crippen LogP contribution is -2.32. The van der Waals surface area contributed by atoms with Gasteiger partial charge < -0.3 is 9.73 Å². The quantitative estimate of drug-likeness (QED) is 0.861. The van der Waals surface area contributed by atoms with Gasteiger partial charge in [0.1, 0.15) is 0 Å². The van der Waals surface area contributed by atoms with E-state index in [-0.39, 0.29) is 36.6 Å². The summed E-state index contributed by atoms with van der Waals surface area (Å²) < 4.78 is 5.14. The number of pyridine rings is 1. The molecule has 1 N–H and O–H groups in total. The molecule has 1 fully saturated rings.